The summed E-state index contributed by atoms with van der Waals surface area (Å²) in [6.45, 7) is 0. The summed E-state index contributed by atoms with van der Waals surface area (Å²) >= 11 is 6.45. The summed E-state index contributed by atoms with van der Waals surface area (Å²) in [6, 6.07) is 8.30. The molecule has 3 aliphatic rings. The second kappa shape index (κ2) is 4.77. The number of rotatable bonds is 2. The van der Waals surface area contributed by atoms with Crippen molar-refractivity contribution in [2.24, 2.45) is 17.8 Å². The minimum absolute atomic E-state index is 0.00266. The molecule has 4 atom stereocenters. The summed E-state index contributed by atoms with van der Waals surface area (Å²) < 4.78 is 0. The van der Waals surface area contributed by atoms with Gasteiger partial charge in [-0.1, -0.05) is 37.1 Å². The van der Waals surface area contributed by atoms with Crippen LogP contribution >= 0.6 is 11.6 Å². The molecule has 0 saturated heterocycles. The third kappa shape index (κ3) is 1.96. The number of hydrogen-bond acceptors (Lipinski definition) is 1. The second-order valence-corrected chi connectivity index (χ2v) is 7.10. The number of benzene rings is 1. The highest BCUT2D eigenvalue weighted by Gasteiger charge is 2.55. The Kier molecular flexibility index (Phi) is 3.03. The molecule has 1 N–H and O–H groups in total. The zero-order valence-electron chi connectivity index (χ0n) is 11.5. The van der Waals surface area contributed by atoms with Crippen LogP contribution in [0.4, 0.5) is 0 Å². The number of carbonyl (C=O) groups is 1. The maximum absolute atomic E-state index is 12.5. The van der Waals surface area contributed by atoms with Gasteiger partial charge in [0.25, 0.3) is 0 Å². The Morgan fingerprint density at radius 1 is 1.15 bits per heavy atom. The molecule has 1 aromatic carbocycles. The van der Waals surface area contributed by atoms with E-state index in [0.717, 1.165) is 6.42 Å². The highest BCUT2D eigenvalue weighted by molar-refractivity contribution is 6.21. The Balaban J connectivity index is 1.48. The van der Waals surface area contributed by atoms with Gasteiger partial charge in [0.05, 0.1) is 11.4 Å². The van der Waals surface area contributed by atoms with Gasteiger partial charge >= 0.3 is 0 Å². The fraction of sp³-hybridized carbons (Fsp3) is 0.588. The predicted molar refractivity (Wildman–Crippen MR) is 79.6 cm³/mol. The molecule has 0 radical (unpaired) electrons. The molecule has 0 heterocycles. The Hall–Kier alpha value is -1.02. The highest BCUT2D eigenvalue weighted by Crippen LogP contribution is 2.55. The molecule has 0 aliphatic heterocycles. The maximum Gasteiger partial charge on any atom is 0.224 e. The van der Waals surface area contributed by atoms with Crippen molar-refractivity contribution in [2.75, 3.05) is 0 Å². The molecule has 1 aromatic rings. The first-order valence-corrected chi connectivity index (χ1v) is 8.21. The van der Waals surface area contributed by atoms with Crippen LogP contribution in [0.5, 0.6) is 0 Å². The number of amides is 1. The van der Waals surface area contributed by atoms with Crippen LogP contribution in [0, 0.1) is 17.8 Å². The minimum atomic E-state index is -0.00266. The van der Waals surface area contributed by atoms with Crippen LogP contribution in [0.1, 0.15) is 42.9 Å². The molecule has 3 heteroatoms. The van der Waals surface area contributed by atoms with Crippen molar-refractivity contribution < 1.29 is 4.79 Å². The van der Waals surface area contributed by atoms with Crippen molar-refractivity contribution in [3.05, 3.63) is 35.4 Å². The van der Waals surface area contributed by atoms with Gasteiger partial charge in [-0.05, 0) is 42.2 Å². The maximum atomic E-state index is 12.5. The fourth-order valence-corrected chi connectivity index (χ4v) is 4.71. The van der Waals surface area contributed by atoms with Crippen LogP contribution in [-0.2, 0) is 11.2 Å². The average molecular weight is 290 g/mol. The van der Waals surface area contributed by atoms with E-state index in [9.17, 15) is 4.79 Å². The summed E-state index contributed by atoms with van der Waals surface area (Å²) in [5.41, 5.74) is 2.50. The molecule has 4 unspecified atom stereocenters. The third-order valence-corrected chi connectivity index (χ3v) is 5.83. The SMILES string of the molecule is O=C(NC1c2ccccc2CC1Cl)C1C2CCCCC21. The highest BCUT2D eigenvalue weighted by atomic mass is 35.5. The van der Waals surface area contributed by atoms with E-state index in [1.807, 2.05) is 12.1 Å². The molecule has 20 heavy (non-hydrogen) atoms. The Morgan fingerprint density at radius 2 is 1.85 bits per heavy atom. The van der Waals surface area contributed by atoms with Gasteiger partial charge < -0.3 is 5.32 Å². The van der Waals surface area contributed by atoms with Gasteiger partial charge in [-0.25, -0.2) is 0 Å². The lowest BCUT2D eigenvalue weighted by Gasteiger charge is -2.17. The molecule has 106 valence electrons. The smallest absolute Gasteiger partial charge is 0.224 e. The van der Waals surface area contributed by atoms with Crippen LogP contribution in [0.15, 0.2) is 24.3 Å². The summed E-state index contributed by atoms with van der Waals surface area (Å²) in [4.78, 5) is 12.5. The van der Waals surface area contributed by atoms with E-state index in [0.29, 0.717) is 11.8 Å². The molecule has 0 spiro atoms. The molecule has 2 nitrogen and oxygen atoms in total. The third-order valence-electron chi connectivity index (χ3n) is 5.42. The van der Waals surface area contributed by atoms with E-state index < -0.39 is 0 Å². The van der Waals surface area contributed by atoms with Crippen molar-refractivity contribution in [1.82, 2.24) is 5.32 Å². The van der Waals surface area contributed by atoms with E-state index in [2.05, 4.69) is 17.4 Å². The average Bonchev–Trinajstić information content (AvgIpc) is 3.12. The van der Waals surface area contributed by atoms with E-state index in [1.165, 1.54) is 36.8 Å². The first-order valence-electron chi connectivity index (χ1n) is 7.78. The normalized spacial score (nSPS) is 38.0. The van der Waals surface area contributed by atoms with Gasteiger partial charge in [-0.15, -0.1) is 11.6 Å². The van der Waals surface area contributed by atoms with Crippen LogP contribution in [0.2, 0.25) is 0 Å². The van der Waals surface area contributed by atoms with Gasteiger partial charge in [-0.2, -0.15) is 0 Å². The Labute approximate surface area is 124 Å². The van der Waals surface area contributed by atoms with E-state index in [1.54, 1.807) is 0 Å². The number of fused-ring (bicyclic) bond motifs is 2. The zero-order chi connectivity index (χ0) is 13.7. The number of carbonyl (C=O) groups excluding carboxylic acids is 1. The van der Waals surface area contributed by atoms with Crippen LogP contribution in [-0.4, -0.2) is 11.3 Å². The first-order chi connectivity index (χ1) is 9.75. The lowest BCUT2D eigenvalue weighted by atomic mass is 10.0. The molecule has 0 aromatic heterocycles. The molecule has 3 aliphatic carbocycles. The van der Waals surface area contributed by atoms with Crippen LogP contribution < -0.4 is 5.32 Å². The van der Waals surface area contributed by atoms with Crippen LogP contribution in [0.3, 0.4) is 0 Å². The van der Waals surface area contributed by atoms with Gasteiger partial charge in [0, 0.05) is 5.92 Å². The number of hydrogen-bond donors (Lipinski definition) is 1. The second-order valence-electron chi connectivity index (χ2n) is 6.54. The Morgan fingerprint density at radius 3 is 2.60 bits per heavy atom. The van der Waals surface area contributed by atoms with Crippen molar-refractivity contribution in [1.29, 1.82) is 0 Å². The quantitative estimate of drug-likeness (QED) is 0.830. The molecular weight excluding hydrogens is 270 g/mol. The van der Waals surface area contributed by atoms with E-state index in [4.69, 9.17) is 11.6 Å². The van der Waals surface area contributed by atoms with E-state index >= 15 is 0 Å². The zero-order valence-corrected chi connectivity index (χ0v) is 12.3. The van der Waals surface area contributed by atoms with Crippen molar-refractivity contribution in [3.63, 3.8) is 0 Å². The van der Waals surface area contributed by atoms with Gasteiger partial charge in [0.1, 0.15) is 0 Å². The number of nitrogens with one attached hydrogen (secondary N) is 1. The van der Waals surface area contributed by atoms with E-state index in [-0.39, 0.29) is 23.2 Å². The summed E-state index contributed by atoms with van der Waals surface area (Å²) in [5, 5.41) is 3.23. The minimum Gasteiger partial charge on any atom is -0.348 e. The molecule has 0 bridgehead atoms. The van der Waals surface area contributed by atoms with Crippen molar-refractivity contribution in [3.8, 4) is 0 Å². The summed E-state index contributed by atoms with van der Waals surface area (Å²) in [7, 11) is 0. The monoisotopic (exact) mass is 289 g/mol. The molecule has 4 rings (SSSR count). The van der Waals surface area contributed by atoms with Gasteiger partial charge in [0.2, 0.25) is 5.91 Å². The number of halogens is 1. The Bertz CT molecular complexity index is 532. The first kappa shape index (κ1) is 12.7. The topological polar surface area (TPSA) is 29.1 Å². The molecular formula is C17H20ClNO. The molecule has 2 saturated carbocycles. The van der Waals surface area contributed by atoms with Crippen molar-refractivity contribution in [2.45, 2.75) is 43.5 Å². The van der Waals surface area contributed by atoms with Gasteiger partial charge in [0.15, 0.2) is 0 Å². The van der Waals surface area contributed by atoms with Gasteiger partial charge in [-0.3, -0.25) is 4.79 Å². The molecule has 1 amide bonds. The number of alkyl halides is 1. The summed E-state index contributed by atoms with van der Waals surface area (Å²) in [6.07, 6.45) is 5.95. The van der Waals surface area contributed by atoms with Crippen LogP contribution in [0.25, 0.3) is 0 Å². The lowest BCUT2D eigenvalue weighted by Crippen LogP contribution is -2.33. The largest absolute Gasteiger partial charge is 0.348 e. The fourth-order valence-electron chi connectivity index (χ4n) is 4.35. The predicted octanol–water partition coefficient (Wildman–Crippen LogP) is 3.44. The lowest BCUT2D eigenvalue weighted by molar-refractivity contribution is -0.123. The standard InChI is InChI=1S/C17H20ClNO/c18-14-9-10-5-1-2-6-11(10)16(14)19-17(20)15-12-7-3-4-8-13(12)15/h1-2,5-6,12-16H,3-4,7-9H2,(H,19,20). The van der Waals surface area contributed by atoms with Crippen molar-refractivity contribution >= 4 is 17.5 Å². The summed E-state index contributed by atoms with van der Waals surface area (Å²) in [5.74, 6) is 1.84. The molecule has 2 fully saturated rings.